The van der Waals surface area contributed by atoms with E-state index in [1.807, 2.05) is 13.8 Å². The first kappa shape index (κ1) is 20.4. The Kier molecular flexibility index (Phi) is 6.12. The summed E-state index contributed by atoms with van der Waals surface area (Å²) in [7, 11) is -3.66. The molecule has 1 aliphatic heterocycles. The number of benzene rings is 2. The van der Waals surface area contributed by atoms with Gasteiger partial charge in [-0.3, -0.25) is 0 Å². The summed E-state index contributed by atoms with van der Waals surface area (Å²) in [4.78, 5) is 12.3. The number of carbonyl (C=O) groups excluding carboxylic acids is 1. The minimum atomic E-state index is -3.66. The van der Waals surface area contributed by atoms with Crippen LogP contribution in [0, 0.1) is 5.82 Å². The van der Waals surface area contributed by atoms with Gasteiger partial charge in [0.1, 0.15) is 12.4 Å². The third-order valence-corrected chi connectivity index (χ3v) is 6.24. The summed E-state index contributed by atoms with van der Waals surface area (Å²) in [6, 6.07) is 11.3. The van der Waals surface area contributed by atoms with E-state index in [1.165, 1.54) is 52.8 Å². The molecule has 0 saturated carbocycles. The van der Waals surface area contributed by atoms with Gasteiger partial charge in [-0.2, -0.15) is 4.31 Å². The molecule has 0 radical (unpaired) electrons. The van der Waals surface area contributed by atoms with Crippen molar-refractivity contribution in [3.05, 3.63) is 65.5 Å². The van der Waals surface area contributed by atoms with Crippen LogP contribution in [-0.4, -0.2) is 44.0 Å². The molecule has 0 aromatic heterocycles. The molecule has 3 rings (SSSR count). The second-order valence-corrected chi connectivity index (χ2v) is 8.74. The second kappa shape index (κ2) is 8.38. The lowest BCUT2D eigenvalue weighted by Gasteiger charge is -2.34. The number of carbonyl (C=O) groups is 1. The maximum atomic E-state index is 12.9. The fourth-order valence-corrected chi connectivity index (χ4v) is 4.64. The molecule has 2 aromatic carbocycles. The van der Waals surface area contributed by atoms with Gasteiger partial charge in [0, 0.05) is 13.1 Å². The highest BCUT2D eigenvalue weighted by Gasteiger charge is 2.32. The van der Waals surface area contributed by atoms with Gasteiger partial charge in [0.05, 0.1) is 22.7 Å². The van der Waals surface area contributed by atoms with Crippen LogP contribution in [0.4, 0.5) is 4.39 Å². The van der Waals surface area contributed by atoms with Crippen LogP contribution in [0.15, 0.2) is 53.4 Å². The number of nitrogens with zero attached hydrogens (tertiary/aromatic N) is 1. The lowest BCUT2D eigenvalue weighted by molar-refractivity contribution is -0.0440. The van der Waals surface area contributed by atoms with Crippen molar-refractivity contribution in [2.45, 2.75) is 37.6 Å². The van der Waals surface area contributed by atoms with Gasteiger partial charge in [-0.25, -0.2) is 17.6 Å². The molecule has 0 spiro atoms. The average Bonchev–Trinajstić information content (AvgIpc) is 2.66. The van der Waals surface area contributed by atoms with E-state index in [1.54, 1.807) is 0 Å². The van der Waals surface area contributed by atoms with E-state index in [0.717, 1.165) is 0 Å². The highest BCUT2D eigenvalue weighted by molar-refractivity contribution is 7.89. The van der Waals surface area contributed by atoms with E-state index in [-0.39, 0.29) is 48.2 Å². The highest BCUT2D eigenvalue weighted by Crippen LogP contribution is 2.21. The third kappa shape index (κ3) is 4.76. The topological polar surface area (TPSA) is 72.9 Å². The van der Waals surface area contributed by atoms with Gasteiger partial charge in [-0.05, 0) is 55.8 Å². The van der Waals surface area contributed by atoms with E-state index < -0.39 is 16.0 Å². The van der Waals surface area contributed by atoms with Gasteiger partial charge in [-0.1, -0.05) is 12.1 Å². The Balaban J connectivity index is 1.66. The first-order valence-electron chi connectivity index (χ1n) is 8.93. The van der Waals surface area contributed by atoms with Crippen molar-refractivity contribution in [3.63, 3.8) is 0 Å². The average molecular weight is 407 g/mol. The zero-order valence-electron chi connectivity index (χ0n) is 15.7. The molecular weight excluding hydrogens is 385 g/mol. The van der Waals surface area contributed by atoms with Crippen molar-refractivity contribution in [1.82, 2.24) is 4.31 Å². The minimum absolute atomic E-state index is 0.00270. The Morgan fingerprint density at radius 2 is 1.64 bits per heavy atom. The Bertz CT molecular complexity index is 918. The Morgan fingerprint density at radius 1 is 1.07 bits per heavy atom. The summed E-state index contributed by atoms with van der Waals surface area (Å²) in [6.45, 7) is 4.24. The van der Waals surface area contributed by atoms with Gasteiger partial charge in [0.25, 0.3) is 0 Å². The van der Waals surface area contributed by atoms with Crippen molar-refractivity contribution in [3.8, 4) is 0 Å². The van der Waals surface area contributed by atoms with Gasteiger partial charge >= 0.3 is 5.97 Å². The lowest BCUT2D eigenvalue weighted by atomic mass is 10.2. The first-order valence-corrected chi connectivity index (χ1v) is 10.4. The van der Waals surface area contributed by atoms with Crippen molar-refractivity contribution >= 4 is 16.0 Å². The van der Waals surface area contributed by atoms with Gasteiger partial charge in [0.15, 0.2) is 0 Å². The quantitative estimate of drug-likeness (QED) is 0.713. The van der Waals surface area contributed by atoms with Gasteiger partial charge in [0.2, 0.25) is 10.0 Å². The summed E-state index contributed by atoms with van der Waals surface area (Å²) in [6.07, 6.45) is -0.363. The summed E-state index contributed by atoms with van der Waals surface area (Å²) >= 11 is 0. The molecule has 2 atom stereocenters. The molecule has 28 heavy (non-hydrogen) atoms. The number of esters is 1. The molecule has 0 bridgehead atoms. The van der Waals surface area contributed by atoms with Gasteiger partial charge < -0.3 is 9.47 Å². The van der Waals surface area contributed by atoms with Crippen LogP contribution in [0.2, 0.25) is 0 Å². The third-order valence-electron chi connectivity index (χ3n) is 4.40. The molecule has 1 heterocycles. The number of hydrogen-bond acceptors (Lipinski definition) is 5. The van der Waals surface area contributed by atoms with Crippen molar-refractivity contribution < 1.29 is 27.1 Å². The molecule has 6 nitrogen and oxygen atoms in total. The largest absolute Gasteiger partial charge is 0.457 e. The van der Waals surface area contributed by atoms with Crippen LogP contribution in [-0.2, 0) is 26.1 Å². The second-order valence-electron chi connectivity index (χ2n) is 6.81. The standard InChI is InChI=1S/C20H22FNO5S/c1-14-11-22(12-15(2)27-14)28(24,25)19-9-5-17(6-10-19)20(23)26-13-16-3-7-18(21)8-4-16/h3-10,14-15H,11-13H2,1-2H3/t14-,15-/m0/s1. The molecule has 0 amide bonds. The number of halogens is 1. The van der Waals surface area contributed by atoms with Crippen molar-refractivity contribution in [1.29, 1.82) is 0 Å². The van der Waals surface area contributed by atoms with Crippen molar-refractivity contribution in [2.24, 2.45) is 0 Å². The number of morpholine rings is 1. The first-order chi connectivity index (χ1) is 13.3. The summed E-state index contributed by atoms with van der Waals surface area (Å²) < 4.78 is 50.7. The highest BCUT2D eigenvalue weighted by atomic mass is 32.2. The van der Waals surface area contributed by atoms with Crippen LogP contribution in [0.1, 0.15) is 29.8 Å². The maximum Gasteiger partial charge on any atom is 0.338 e. The van der Waals surface area contributed by atoms with E-state index in [0.29, 0.717) is 5.56 Å². The lowest BCUT2D eigenvalue weighted by Crippen LogP contribution is -2.48. The van der Waals surface area contributed by atoms with Crippen LogP contribution in [0.25, 0.3) is 0 Å². The molecule has 0 aliphatic carbocycles. The molecule has 0 N–H and O–H groups in total. The minimum Gasteiger partial charge on any atom is -0.457 e. The smallest absolute Gasteiger partial charge is 0.338 e. The van der Waals surface area contributed by atoms with Crippen LogP contribution < -0.4 is 0 Å². The van der Waals surface area contributed by atoms with E-state index in [4.69, 9.17) is 9.47 Å². The monoisotopic (exact) mass is 407 g/mol. The van der Waals surface area contributed by atoms with E-state index in [2.05, 4.69) is 0 Å². The molecule has 1 aliphatic rings. The van der Waals surface area contributed by atoms with E-state index in [9.17, 15) is 17.6 Å². The molecule has 8 heteroatoms. The molecule has 1 saturated heterocycles. The zero-order valence-corrected chi connectivity index (χ0v) is 16.5. The number of rotatable bonds is 5. The number of hydrogen-bond donors (Lipinski definition) is 0. The zero-order chi connectivity index (χ0) is 20.3. The molecule has 150 valence electrons. The Morgan fingerprint density at radius 3 is 2.21 bits per heavy atom. The van der Waals surface area contributed by atoms with Crippen LogP contribution in [0.3, 0.4) is 0 Å². The summed E-state index contributed by atoms with van der Waals surface area (Å²) in [5.41, 5.74) is 0.897. The van der Waals surface area contributed by atoms with Crippen LogP contribution in [0.5, 0.6) is 0 Å². The maximum absolute atomic E-state index is 12.9. The molecular formula is C20H22FNO5S. The molecule has 2 aromatic rings. The summed E-state index contributed by atoms with van der Waals surface area (Å²) in [5.74, 6) is -0.946. The molecule has 1 fully saturated rings. The van der Waals surface area contributed by atoms with Crippen molar-refractivity contribution in [2.75, 3.05) is 13.1 Å². The fraction of sp³-hybridized carbons (Fsp3) is 0.350. The number of sulfonamides is 1. The van der Waals surface area contributed by atoms with Crippen LogP contribution >= 0.6 is 0 Å². The van der Waals surface area contributed by atoms with Gasteiger partial charge in [-0.15, -0.1) is 0 Å². The normalized spacial score (nSPS) is 20.7. The van der Waals surface area contributed by atoms with E-state index >= 15 is 0 Å². The Labute approximate surface area is 163 Å². The predicted molar refractivity (Wildman–Crippen MR) is 101 cm³/mol. The number of ether oxygens (including phenoxy) is 2. The summed E-state index contributed by atoms with van der Waals surface area (Å²) in [5, 5.41) is 0. The Hall–Kier alpha value is -2.29. The SMILES string of the molecule is C[C@H]1CN(S(=O)(=O)c2ccc(C(=O)OCc3ccc(F)cc3)cc2)C[C@H](C)O1. The molecule has 0 unspecified atom stereocenters. The predicted octanol–water partition coefficient (Wildman–Crippen LogP) is 2.98. The fourth-order valence-electron chi connectivity index (χ4n) is 3.05.